The van der Waals surface area contributed by atoms with Crippen molar-refractivity contribution in [3.63, 3.8) is 0 Å². The zero-order chi connectivity index (χ0) is 16.5. The Bertz CT molecular complexity index is 358. The van der Waals surface area contributed by atoms with Gasteiger partial charge in [0.1, 0.15) is 0 Å². The van der Waals surface area contributed by atoms with Gasteiger partial charge in [-0.2, -0.15) is 0 Å². The van der Waals surface area contributed by atoms with Gasteiger partial charge < -0.3 is 15.0 Å². The van der Waals surface area contributed by atoms with Crippen molar-refractivity contribution in [2.75, 3.05) is 19.6 Å². The maximum atomic E-state index is 12.3. The summed E-state index contributed by atoms with van der Waals surface area (Å²) >= 11 is 0. The number of hydrogen-bond donors (Lipinski definition) is 1. The second kappa shape index (κ2) is 9.82. The van der Waals surface area contributed by atoms with Crippen LogP contribution in [-0.4, -0.2) is 48.6 Å². The van der Waals surface area contributed by atoms with Crippen LogP contribution in [0.15, 0.2) is 0 Å². The van der Waals surface area contributed by atoms with Gasteiger partial charge >= 0.3 is 5.97 Å². The molecule has 1 rings (SSSR count). The molecule has 0 aromatic heterocycles. The molecule has 1 aliphatic rings. The lowest BCUT2D eigenvalue weighted by atomic mass is 9.96. The molecule has 0 aliphatic carbocycles. The van der Waals surface area contributed by atoms with Crippen molar-refractivity contribution in [3.8, 4) is 0 Å². The van der Waals surface area contributed by atoms with E-state index < -0.39 is 0 Å². The van der Waals surface area contributed by atoms with Crippen molar-refractivity contribution < 1.29 is 14.3 Å². The number of ether oxygens (including phenoxy) is 1. The Morgan fingerprint density at radius 1 is 1.32 bits per heavy atom. The van der Waals surface area contributed by atoms with Gasteiger partial charge in [0.05, 0.1) is 18.4 Å². The molecule has 5 nitrogen and oxygen atoms in total. The first-order chi connectivity index (χ1) is 10.4. The molecular formula is C17H32N2O3. The van der Waals surface area contributed by atoms with E-state index in [2.05, 4.69) is 24.1 Å². The molecule has 5 heteroatoms. The zero-order valence-corrected chi connectivity index (χ0v) is 14.6. The standard InChI is InChI=1S/C17H32N2O3/c1-5-7-14(4)18-17(21)15-8-6-10-19(12-15)11-9-16(20)22-13(2)3/h13-15H,5-12H2,1-4H3,(H,18,21). The van der Waals surface area contributed by atoms with Crippen LogP contribution in [0, 0.1) is 5.92 Å². The lowest BCUT2D eigenvalue weighted by molar-refractivity contribution is -0.147. The molecule has 0 bridgehead atoms. The fourth-order valence-corrected chi connectivity index (χ4v) is 2.91. The van der Waals surface area contributed by atoms with Crippen LogP contribution in [0.3, 0.4) is 0 Å². The second-order valence-electron chi connectivity index (χ2n) is 6.63. The second-order valence-corrected chi connectivity index (χ2v) is 6.63. The van der Waals surface area contributed by atoms with Gasteiger partial charge in [0.2, 0.25) is 5.91 Å². The van der Waals surface area contributed by atoms with E-state index in [4.69, 9.17) is 4.74 Å². The average molecular weight is 312 g/mol. The number of likely N-dealkylation sites (tertiary alicyclic amines) is 1. The summed E-state index contributed by atoms with van der Waals surface area (Å²) in [7, 11) is 0. The Labute approximate surface area is 134 Å². The van der Waals surface area contributed by atoms with Gasteiger partial charge in [-0.05, 0) is 46.6 Å². The number of carbonyl (C=O) groups excluding carboxylic acids is 2. The van der Waals surface area contributed by atoms with Gasteiger partial charge in [-0.1, -0.05) is 13.3 Å². The SMILES string of the molecule is CCCC(C)NC(=O)C1CCCN(CCC(=O)OC(C)C)C1. The highest BCUT2D eigenvalue weighted by molar-refractivity contribution is 5.79. The molecule has 2 unspecified atom stereocenters. The highest BCUT2D eigenvalue weighted by Crippen LogP contribution is 2.17. The number of carbonyl (C=O) groups is 2. The quantitative estimate of drug-likeness (QED) is 0.699. The van der Waals surface area contributed by atoms with E-state index in [1.165, 1.54) is 0 Å². The summed E-state index contributed by atoms with van der Waals surface area (Å²) in [6.07, 6.45) is 4.39. The summed E-state index contributed by atoms with van der Waals surface area (Å²) < 4.78 is 5.15. The van der Waals surface area contributed by atoms with E-state index >= 15 is 0 Å². The van der Waals surface area contributed by atoms with Crippen molar-refractivity contribution in [2.45, 2.75) is 71.9 Å². The van der Waals surface area contributed by atoms with Crippen LogP contribution in [0.1, 0.15) is 59.8 Å². The van der Waals surface area contributed by atoms with E-state index in [1.54, 1.807) is 0 Å². The van der Waals surface area contributed by atoms with Crippen molar-refractivity contribution in [3.05, 3.63) is 0 Å². The normalized spacial score (nSPS) is 20.7. The van der Waals surface area contributed by atoms with Crippen LogP contribution in [0.25, 0.3) is 0 Å². The van der Waals surface area contributed by atoms with Gasteiger partial charge in [-0.3, -0.25) is 9.59 Å². The summed E-state index contributed by atoms with van der Waals surface area (Å²) in [6, 6.07) is 0.244. The van der Waals surface area contributed by atoms with Gasteiger partial charge in [0, 0.05) is 19.1 Å². The highest BCUT2D eigenvalue weighted by Gasteiger charge is 2.26. The minimum absolute atomic E-state index is 0.0502. The smallest absolute Gasteiger partial charge is 0.307 e. The third kappa shape index (κ3) is 7.25. The monoisotopic (exact) mass is 312 g/mol. The molecule has 0 radical (unpaired) electrons. The van der Waals surface area contributed by atoms with Gasteiger partial charge in [-0.25, -0.2) is 0 Å². The first-order valence-corrected chi connectivity index (χ1v) is 8.64. The van der Waals surface area contributed by atoms with Crippen LogP contribution in [0.5, 0.6) is 0 Å². The van der Waals surface area contributed by atoms with Crippen molar-refractivity contribution in [1.29, 1.82) is 0 Å². The number of amides is 1. The molecule has 0 aromatic rings. The third-order valence-electron chi connectivity index (χ3n) is 3.99. The molecule has 1 aliphatic heterocycles. The summed E-state index contributed by atoms with van der Waals surface area (Å²) in [5, 5.41) is 3.10. The van der Waals surface area contributed by atoms with Gasteiger partial charge in [0.15, 0.2) is 0 Å². The molecule has 2 atom stereocenters. The summed E-state index contributed by atoms with van der Waals surface area (Å²) in [5.74, 6) is 0.0581. The van der Waals surface area contributed by atoms with Gasteiger partial charge in [-0.15, -0.1) is 0 Å². The van der Waals surface area contributed by atoms with Crippen LogP contribution in [0.4, 0.5) is 0 Å². The Hall–Kier alpha value is -1.10. The van der Waals surface area contributed by atoms with Crippen molar-refractivity contribution in [1.82, 2.24) is 10.2 Å². The predicted octanol–water partition coefficient (Wildman–Crippen LogP) is 2.34. The number of rotatable bonds is 8. The lowest BCUT2D eigenvalue weighted by Crippen LogP contribution is -2.45. The molecule has 22 heavy (non-hydrogen) atoms. The third-order valence-corrected chi connectivity index (χ3v) is 3.99. The maximum absolute atomic E-state index is 12.3. The minimum Gasteiger partial charge on any atom is -0.463 e. The Balaban J connectivity index is 2.34. The van der Waals surface area contributed by atoms with E-state index in [-0.39, 0.29) is 29.9 Å². The van der Waals surface area contributed by atoms with E-state index in [1.807, 2.05) is 13.8 Å². The fraction of sp³-hybridized carbons (Fsp3) is 0.882. The maximum Gasteiger partial charge on any atom is 0.307 e. The Morgan fingerprint density at radius 2 is 2.05 bits per heavy atom. The lowest BCUT2D eigenvalue weighted by Gasteiger charge is -2.32. The molecule has 0 saturated carbocycles. The first kappa shape index (κ1) is 18.9. The van der Waals surface area contributed by atoms with Crippen molar-refractivity contribution in [2.24, 2.45) is 5.92 Å². The average Bonchev–Trinajstić information content (AvgIpc) is 2.45. The van der Waals surface area contributed by atoms with Crippen LogP contribution in [0.2, 0.25) is 0 Å². The molecule has 1 N–H and O–H groups in total. The topological polar surface area (TPSA) is 58.6 Å². The first-order valence-electron chi connectivity index (χ1n) is 8.64. The molecule has 0 aromatic carbocycles. The number of nitrogens with one attached hydrogen (secondary N) is 1. The molecule has 128 valence electrons. The zero-order valence-electron chi connectivity index (χ0n) is 14.6. The van der Waals surface area contributed by atoms with Crippen LogP contribution in [-0.2, 0) is 14.3 Å². The Kier molecular flexibility index (Phi) is 8.46. The highest BCUT2D eigenvalue weighted by atomic mass is 16.5. The van der Waals surface area contributed by atoms with Crippen LogP contribution >= 0.6 is 0 Å². The number of nitrogens with zero attached hydrogens (tertiary/aromatic N) is 1. The molecule has 0 spiro atoms. The summed E-state index contributed by atoms with van der Waals surface area (Å²) in [4.78, 5) is 26.1. The van der Waals surface area contributed by atoms with Crippen molar-refractivity contribution >= 4 is 11.9 Å². The van der Waals surface area contributed by atoms with E-state index in [0.29, 0.717) is 13.0 Å². The van der Waals surface area contributed by atoms with E-state index in [9.17, 15) is 9.59 Å². The largest absolute Gasteiger partial charge is 0.463 e. The molecule has 1 fully saturated rings. The fourth-order valence-electron chi connectivity index (χ4n) is 2.91. The molecular weight excluding hydrogens is 280 g/mol. The predicted molar refractivity (Wildman–Crippen MR) is 87.5 cm³/mol. The van der Waals surface area contributed by atoms with Crippen LogP contribution < -0.4 is 5.32 Å². The number of hydrogen-bond acceptors (Lipinski definition) is 4. The molecule has 1 heterocycles. The number of esters is 1. The Morgan fingerprint density at radius 3 is 2.68 bits per heavy atom. The summed E-state index contributed by atoms with van der Waals surface area (Å²) in [6.45, 7) is 10.3. The summed E-state index contributed by atoms with van der Waals surface area (Å²) in [5.41, 5.74) is 0. The van der Waals surface area contributed by atoms with Gasteiger partial charge in [0.25, 0.3) is 0 Å². The molecule has 1 saturated heterocycles. The minimum atomic E-state index is -0.154. The molecule has 1 amide bonds. The van der Waals surface area contributed by atoms with E-state index in [0.717, 1.165) is 38.8 Å². The number of piperidine rings is 1.